The Hall–Kier alpha value is -1.57. The third-order valence-corrected chi connectivity index (χ3v) is 1.60. The zero-order valence-electron chi connectivity index (χ0n) is 7.66. The van der Waals surface area contributed by atoms with E-state index in [4.69, 9.17) is 0 Å². The summed E-state index contributed by atoms with van der Waals surface area (Å²) in [7, 11) is 0. The van der Waals surface area contributed by atoms with Crippen LogP contribution < -0.4 is 5.32 Å². The first-order chi connectivity index (χ1) is 6.33. The maximum Gasteiger partial charge on any atom is 0.224 e. The normalized spacial score (nSPS) is 14.7. The van der Waals surface area contributed by atoms with Crippen molar-refractivity contribution in [1.29, 1.82) is 0 Å². The van der Waals surface area contributed by atoms with Crippen molar-refractivity contribution in [3.8, 4) is 0 Å². The van der Waals surface area contributed by atoms with Gasteiger partial charge in [-0.15, -0.1) is 0 Å². The molecule has 2 nitrogen and oxygen atoms in total. The summed E-state index contributed by atoms with van der Waals surface area (Å²) in [6.45, 7) is 1.83. The Bertz CT molecular complexity index is 295. The molecule has 13 heavy (non-hydrogen) atoms. The first-order valence-corrected chi connectivity index (χ1v) is 4.34. The molecule has 0 bridgehead atoms. The van der Waals surface area contributed by atoms with Crippen molar-refractivity contribution in [3.05, 3.63) is 48.2 Å². The number of hydrogen-bond acceptors (Lipinski definition) is 1. The number of hydrogen-bond donors (Lipinski definition) is 1. The summed E-state index contributed by atoms with van der Waals surface area (Å²) in [6.07, 6.45) is 13.8. The average Bonchev–Trinajstić information content (AvgIpc) is 2.09. The SMILES string of the molecule is CCC(=O)NC1=CC=CC=CC=C1. The lowest BCUT2D eigenvalue weighted by atomic mass is 10.2. The van der Waals surface area contributed by atoms with Gasteiger partial charge in [-0.2, -0.15) is 0 Å². The van der Waals surface area contributed by atoms with Crippen molar-refractivity contribution < 1.29 is 4.79 Å². The first-order valence-electron chi connectivity index (χ1n) is 4.34. The Morgan fingerprint density at radius 1 is 1.23 bits per heavy atom. The summed E-state index contributed by atoms with van der Waals surface area (Å²) in [4.78, 5) is 11.1. The summed E-state index contributed by atoms with van der Waals surface area (Å²) < 4.78 is 0. The maximum atomic E-state index is 11.1. The zero-order chi connectivity index (χ0) is 9.52. The minimum atomic E-state index is 0.0360. The lowest BCUT2D eigenvalue weighted by Crippen LogP contribution is -2.20. The molecule has 1 N–H and O–H groups in total. The van der Waals surface area contributed by atoms with Gasteiger partial charge in [-0.25, -0.2) is 0 Å². The lowest BCUT2D eigenvalue weighted by Gasteiger charge is -2.03. The molecule has 0 radical (unpaired) electrons. The molecule has 0 aromatic heterocycles. The van der Waals surface area contributed by atoms with Crippen molar-refractivity contribution in [3.63, 3.8) is 0 Å². The largest absolute Gasteiger partial charge is 0.326 e. The van der Waals surface area contributed by atoms with Crippen molar-refractivity contribution in [2.24, 2.45) is 0 Å². The van der Waals surface area contributed by atoms with Crippen LogP contribution in [0.1, 0.15) is 13.3 Å². The molecule has 0 unspecified atom stereocenters. The highest BCUT2D eigenvalue weighted by Gasteiger charge is 1.97. The molecule has 0 aromatic rings. The van der Waals surface area contributed by atoms with Gasteiger partial charge in [-0.3, -0.25) is 4.79 Å². The van der Waals surface area contributed by atoms with Crippen LogP contribution in [0.15, 0.2) is 48.2 Å². The Morgan fingerprint density at radius 3 is 2.69 bits per heavy atom. The molecule has 1 rings (SSSR count). The van der Waals surface area contributed by atoms with Gasteiger partial charge in [0.2, 0.25) is 5.91 Å². The van der Waals surface area contributed by atoms with Crippen LogP contribution in [0.5, 0.6) is 0 Å². The van der Waals surface area contributed by atoms with Gasteiger partial charge in [-0.1, -0.05) is 37.3 Å². The van der Waals surface area contributed by atoms with E-state index in [1.807, 2.05) is 49.5 Å². The van der Waals surface area contributed by atoms with E-state index in [1.54, 1.807) is 0 Å². The Morgan fingerprint density at radius 2 is 1.92 bits per heavy atom. The number of carbonyl (C=O) groups excluding carboxylic acids is 1. The number of allylic oxidation sites excluding steroid dienone is 7. The van der Waals surface area contributed by atoms with Crippen LogP contribution in [0.25, 0.3) is 0 Å². The monoisotopic (exact) mass is 175 g/mol. The summed E-state index contributed by atoms with van der Waals surface area (Å²) in [5, 5.41) is 2.79. The molecule has 0 spiro atoms. The number of rotatable bonds is 2. The molecule has 1 amide bonds. The summed E-state index contributed by atoms with van der Waals surface area (Å²) in [5.74, 6) is 0.0360. The smallest absolute Gasteiger partial charge is 0.224 e. The lowest BCUT2D eigenvalue weighted by molar-refractivity contribution is -0.120. The standard InChI is InChI=1S/C11H13NO/c1-2-11(13)12-10-8-6-4-3-5-7-9-10/h3-9H,2H2,1H3,(H,12,13). The van der Waals surface area contributed by atoms with Gasteiger partial charge < -0.3 is 5.32 Å². The minimum absolute atomic E-state index is 0.0360. The molecule has 0 atom stereocenters. The quantitative estimate of drug-likeness (QED) is 0.684. The fraction of sp³-hybridized carbons (Fsp3) is 0.182. The molecule has 68 valence electrons. The molecule has 2 heteroatoms. The van der Waals surface area contributed by atoms with Crippen LogP contribution in [0.4, 0.5) is 0 Å². The number of carbonyl (C=O) groups is 1. The van der Waals surface area contributed by atoms with Crippen molar-refractivity contribution >= 4 is 5.91 Å². The van der Waals surface area contributed by atoms with E-state index < -0.39 is 0 Å². The van der Waals surface area contributed by atoms with Gasteiger partial charge in [0, 0.05) is 12.1 Å². The van der Waals surface area contributed by atoms with E-state index in [2.05, 4.69) is 5.32 Å². The zero-order valence-corrected chi connectivity index (χ0v) is 7.66. The van der Waals surface area contributed by atoms with Gasteiger partial charge in [0.1, 0.15) is 0 Å². The van der Waals surface area contributed by atoms with Crippen molar-refractivity contribution in [2.75, 3.05) is 0 Å². The Labute approximate surface area is 78.3 Å². The van der Waals surface area contributed by atoms with E-state index in [9.17, 15) is 4.79 Å². The predicted octanol–water partition coefficient (Wildman–Crippen LogP) is 2.08. The van der Waals surface area contributed by atoms with Gasteiger partial charge in [0.15, 0.2) is 0 Å². The fourth-order valence-electron chi connectivity index (χ4n) is 0.899. The van der Waals surface area contributed by atoms with Gasteiger partial charge in [0.05, 0.1) is 0 Å². The van der Waals surface area contributed by atoms with Gasteiger partial charge in [0.25, 0.3) is 0 Å². The molecule has 1 aliphatic rings. The Balaban J connectivity index is 2.63. The fourth-order valence-corrected chi connectivity index (χ4v) is 0.899. The topological polar surface area (TPSA) is 29.1 Å². The highest BCUT2D eigenvalue weighted by molar-refractivity contribution is 5.78. The summed E-state index contributed by atoms with van der Waals surface area (Å²) in [5.41, 5.74) is 0.826. The minimum Gasteiger partial charge on any atom is -0.326 e. The molecule has 0 heterocycles. The predicted molar refractivity (Wildman–Crippen MR) is 53.9 cm³/mol. The first kappa shape index (κ1) is 9.52. The van der Waals surface area contributed by atoms with E-state index in [0.717, 1.165) is 5.70 Å². The van der Waals surface area contributed by atoms with Crippen LogP contribution in [-0.4, -0.2) is 5.91 Å². The second-order valence-electron chi connectivity index (χ2n) is 2.65. The van der Waals surface area contributed by atoms with Crippen molar-refractivity contribution in [1.82, 2.24) is 5.32 Å². The van der Waals surface area contributed by atoms with Crippen molar-refractivity contribution in [2.45, 2.75) is 13.3 Å². The van der Waals surface area contributed by atoms with Crippen LogP contribution in [0, 0.1) is 0 Å². The van der Waals surface area contributed by atoms with Crippen LogP contribution >= 0.6 is 0 Å². The second kappa shape index (κ2) is 5.14. The van der Waals surface area contributed by atoms with E-state index in [1.165, 1.54) is 0 Å². The van der Waals surface area contributed by atoms with Crippen LogP contribution in [0.2, 0.25) is 0 Å². The molecular formula is C11H13NO. The maximum absolute atomic E-state index is 11.1. The highest BCUT2D eigenvalue weighted by Crippen LogP contribution is 1.98. The summed E-state index contributed by atoms with van der Waals surface area (Å²) in [6, 6.07) is 0. The highest BCUT2D eigenvalue weighted by atomic mass is 16.1. The second-order valence-corrected chi connectivity index (χ2v) is 2.65. The third-order valence-electron chi connectivity index (χ3n) is 1.60. The molecule has 0 fully saturated rings. The molecule has 0 aromatic carbocycles. The van der Waals surface area contributed by atoms with E-state index in [0.29, 0.717) is 6.42 Å². The van der Waals surface area contributed by atoms with Gasteiger partial charge >= 0.3 is 0 Å². The molecule has 1 aliphatic carbocycles. The Kier molecular flexibility index (Phi) is 3.76. The molecule has 0 saturated heterocycles. The average molecular weight is 175 g/mol. The number of amides is 1. The van der Waals surface area contributed by atoms with Crippen LogP contribution in [-0.2, 0) is 4.79 Å². The molecular weight excluding hydrogens is 162 g/mol. The molecule has 0 aliphatic heterocycles. The third kappa shape index (κ3) is 3.56. The van der Waals surface area contributed by atoms with E-state index >= 15 is 0 Å². The summed E-state index contributed by atoms with van der Waals surface area (Å²) >= 11 is 0. The number of nitrogens with one attached hydrogen (secondary N) is 1. The van der Waals surface area contributed by atoms with Gasteiger partial charge in [-0.05, 0) is 12.2 Å². The van der Waals surface area contributed by atoms with Crippen LogP contribution in [0.3, 0.4) is 0 Å². The molecule has 0 saturated carbocycles. The van der Waals surface area contributed by atoms with E-state index in [-0.39, 0.29) is 5.91 Å².